The summed E-state index contributed by atoms with van der Waals surface area (Å²) in [6, 6.07) is 3.08. The van der Waals surface area contributed by atoms with E-state index in [0.717, 1.165) is 5.56 Å². The average Bonchev–Trinajstić information content (AvgIpc) is 2.07. The molecule has 0 spiro atoms. The lowest BCUT2D eigenvalue weighted by atomic mass is 10.1. The first-order valence-electron chi connectivity index (χ1n) is 4.93. The molecule has 0 amide bonds. The molecule has 0 aliphatic heterocycles. The number of hydrogen-bond acceptors (Lipinski definition) is 3. The van der Waals surface area contributed by atoms with Crippen LogP contribution in [-0.2, 0) is 0 Å². The maximum atomic E-state index is 10.9. The number of hydrogen-bond donors (Lipinski definition) is 1. The summed E-state index contributed by atoms with van der Waals surface area (Å²) in [6.07, 6.45) is 0. The van der Waals surface area contributed by atoms with E-state index in [1.54, 1.807) is 6.07 Å². The second-order valence-corrected chi connectivity index (χ2v) is 5.16. The summed E-state index contributed by atoms with van der Waals surface area (Å²) in [5, 5.41) is 14.4. The Morgan fingerprint density at radius 1 is 1.38 bits per heavy atom. The van der Waals surface area contributed by atoms with E-state index in [0.29, 0.717) is 10.7 Å². The molecule has 1 aromatic rings. The van der Waals surface area contributed by atoms with Crippen molar-refractivity contribution in [1.82, 2.24) is 0 Å². The lowest BCUT2D eigenvalue weighted by Crippen LogP contribution is -2.26. The van der Waals surface area contributed by atoms with Gasteiger partial charge in [0.1, 0.15) is 5.69 Å². The van der Waals surface area contributed by atoms with Gasteiger partial charge in [0, 0.05) is 11.6 Å². The summed E-state index contributed by atoms with van der Waals surface area (Å²) < 4.78 is 0. The van der Waals surface area contributed by atoms with Crippen LogP contribution in [0.5, 0.6) is 0 Å². The Bertz CT molecular complexity index is 425. The molecule has 16 heavy (non-hydrogen) atoms. The normalized spacial score (nSPS) is 11.3. The van der Waals surface area contributed by atoms with Crippen molar-refractivity contribution >= 4 is 23.0 Å². The number of halogens is 1. The summed E-state index contributed by atoms with van der Waals surface area (Å²) >= 11 is 5.87. The molecule has 0 aliphatic carbocycles. The minimum atomic E-state index is -0.431. The summed E-state index contributed by atoms with van der Waals surface area (Å²) in [5.74, 6) is 0. The van der Waals surface area contributed by atoms with E-state index < -0.39 is 4.92 Å². The molecule has 0 aliphatic rings. The number of aryl methyl sites for hydroxylation is 1. The number of nitro groups is 1. The standard InChI is InChI=1S/C11H15ClN2O2/c1-7-5-9(13-11(2,3)4)10(14(15)16)6-8(7)12/h5-6,13H,1-4H3. The monoisotopic (exact) mass is 242 g/mol. The third-order valence-electron chi connectivity index (χ3n) is 1.98. The largest absolute Gasteiger partial charge is 0.375 e. The summed E-state index contributed by atoms with van der Waals surface area (Å²) in [5.41, 5.74) is 1.09. The quantitative estimate of drug-likeness (QED) is 0.635. The predicted octanol–water partition coefficient (Wildman–Crippen LogP) is 3.77. The van der Waals surface area contributed by atoms with E-state index in [1.807, 2.05) is 27.7 Å². The highest BCUT2D eigenvalue weighted by Gasteiger charge is 2.20. The van der Waals surface area contributed by atoms with Crippen LogP contribution in [0, 0.1) is 17.0 Å². The molecule has 0 bridgehead atoms. The zero-order valence-electron chi connectivity index (χ0n) is 9.80. The maximum Gasteiger partial charge on any atom is 0.293 e. The molecule has 1 rings (SSSR count). The minimum Gasteiger partial charge on any atom is -0.375 e. The fraction of sp³-hybridized carbons (Fsp3) is 0.455. The molecule has 0 fully saturated rings. The van der Waals surface area contributed by atoms with Gasteiger partial charge in [-0.05, 0) is 39.3 Å². The highest BCUT2D eigenvalue weighted by atomic mass is 35.5. The lowest BCUT2D eigenvalue weighted by Gasteiger charge is -2.22. The highest BCUT2D eigenvalue weighted by Crippen LogP contribution is 2.32. The van der Waals surface area contributed by atoms with Crippen LogP contribution in [0.15, 0.2) is 12.1 Å². The molecular weight excluding hydrogens is 228 g/mol. The Balaban J connectivity index is 3.25. The van der Waals surface area contributed by atoms with E-state index >= 15 is 0 Å². The summed E-state index contributed by atoms with van der Waals surface area (Å²) in [4.78, 5) is 10.4. The van der Waals surface area contributed by atoms with Crippen molar-refractivity contribution in [2.75, 3.05) is 5.32 Å². The number of anilines is 1. The first kappa shape index (κ1) is 12.8. The van der Waals surface area contributed by atoms with E-state index in [4.69, 9.17) is 11.6 Å². The van der Waals surface area contributed by atoms with Crippen LogP contribution >= 0.6 is 11.6 Å². The van der Waals surface area contributed by atoms with Crippen LogP contribution in [0.2, 0.25) is 5.02 Å². The van der Waals surface area contributed by atoms with Gasteiger partial charge < -0.3 is 5.32 Å². The molecule has 0 saturated carbocycles. The number of nitrogens with one attached hydrogen (secondary N) is 1. The first-order chi connectivity index (χ1) is 7.20. The molecule has 0 atom stereocenters. The Labute approximate surface area is 99.8 Å². The molecule has 0 heterocycles. The SMILES string of the molecule is Cc1cc(NC(C)(C)C)c([N+](=O)[O-])cc1Cl. The van der Waals surface area contributed by atoms with Gasteiger partial charge in [0.2, 0.25) is 0 Å². The van der Waals surface area contributed by atoms with E-state index in [9.17, 15) is 10.1 Å². The van der Waals surface area contributed by atoms with Crippen molar-refractivity contribution in [3.63, 3.8) is 0 Å². The van der Waals surface area contributed by atoms with E-state index in [-0.39, 0.29) is 11.2 Å². The van der Waals surface area contributed by atoms with Gasteiger partial charge in [-0.2, -0.15) is 0 Å². The van der Waals surface area contributed by atoms with Crippen molar-refractivity contribution in [2.24, 2.45) is 0 Å². The average molecular weight is 243 g/mol. The molecule has 88 valence electrons. The molecule has 4 nitrogen and oxygen atoms in total. The van der Waals surface area contributed by atoms with Crippen LogP contribution in [-0.4, -0.2) is 10.5 Å². The van der Waals surface area contributed by atoms with Crippen molar-refractivity contribution in [3.8, 4) is 0 Å². The van der Waals surface area contributed by atoms with Crippen LogP contribution in [0.4, 0.5) is 11.4 Å². The molecular formula is C11H15ClN2O2. The molecule has 0 aromatic heterocycles. The van der Waals surface area contributed by atoms with E-state index in [2.05, 4.69) is 5.32 Å². The number of rotatable bonds is 2. The van der Waals surface area contributed by atoms with Gasteiger partial charge in [-0.1, -0.05) is 11.6 Å². The second-order valence-electron chi connectivity index (χ2n) is 4.75. The zero-order chi connectivity index (χ0) is 12.5. The number of benzene rings is 1. The molecule has 5 heteroatoms. The van der Waals surface area contributed by atoms with Crippen molar-refractivity contribution in [3.05, 3.63) is 32.8 Å². The van der Waals surface area contributed by atoms with Gasteiger partial charge >= 0.3 is 0 Å². The molecule has 0 saturated heterocycles. The topological polar surface area (TPSA) is 55.2 Å². The number of nitro benzene ring substituents is 1. The van der Waals surface area contributed by atoms with Crippen LogP contribution in [0.3, 0.4) is 0 Å². The molecule has 0 radical (unpaired) electrons. The van der Waals surface area contributed by atoms with Gasteiger partial charge in [-0.3, -0.25) is 10.1 Å². The van der Waals surface area contributed by atoms with E-state index in [1.165, 1.54) is 6.07 Å². The van der Waals surface area contributed by atoms with Crippen LogP contribution in [0.1, 0.15) is 26.3 Å². The molecule has 0 unspecified atom stereocenters. The Morgan fingerprint density at radius 3 is 2.38 bits per heavy atom. The first-order valence-corrected chi connectivity index (χ1v) is 5.31. The second kappa shape index (κ2) is 4.29. The van der Waals surface area contributed by atoms with Crippen molar-refractivity contribution in [1.29, 1.82) is 0 Å². The predicted molar refractivity (Wildman–Crippen MR) is 66.2 cm³/mol. The third-order valence-corrected chi connectivity index (χ3v) is 2.39. The fourth-order valence-corrected chi connectivity index (χ4v) is 1.48. The minimum absolute atomic E-state index is 0.00512. The summed E-state index contributed by atoms with van der Waals surface area (Å²) in [7, 11) is 0. The Hall–Kier alpha value is -1.29. The van der Waals surface area contributed by atoms with Crippen LogP contribution < -0.4 is 5.32 Å². The highest BCUT2D eigenvalue weighted by molar-refractivity contribution is 6.31. The maximum absolute atomic E-state index is 10.9. The number of nitrogens with zero attached hydrogens (tertiary/aromatic N) is 1. The van der Waals surface area contributed by atoms with Crippen molar-refractivity contribution in [2.45, 2.75) is 33.2 Å². The Morgan fingerprint density at radius 2 is 1.94 bits per heavy atom. The van der Waals surface area contributed by atoms with Gasteiger partial charge in [0.05, 0.1) is 9.95 Å². The molecule has 1 N–H and O–H groups in total. The molecule has 1 aromatic carbocycles. The smallest absolute Gasteiger partial charge is 0.293 e. The summed E-state index contributed by atoms with van der Waals surface area (Å²) in [6.45, 7) is 7.65. The van der Waals surface area contributed by atoms with Crippen LogP contribution in [0.25, 0.3) is 0 Å². The van der Waals surface area contributed by atoms with Gasteiger partial charge in [0.15, 0.2) is 0 Å². The lowest BCUT2D eigenvalue weighted by molar-refractivity contribution is -0.384. The third kappa shape index (κ3) is 3.10. The fourth-order valence-electron chi connectivity index (χ4n) is 1.33. The van der Waals surface area contributed by atoms with Gasteiger partial charge in [-0.15, -0.1) is 0 Å². The Kier molecular flexibility index (Phi) is 3.43. The zero-order valence-corrected chi connectivity index (χ0v) is 10.6. The van der Waals surface area contributed by atoms with Gasteiger partial charge in [0.25, 0.3) is 5.69 Å². The van der Waals surface area contributed by atoms with Gasteiger partial charge in [-0.25, -0.2) is 0 Å². The van der Waals surface area contributed by atoms with Crippen molar-refractivity contribution < 1.29 is 4.92 Å².